The average molecular weight is 533 g/mol. The lowest BCUT2D eigenvalue weighted by Gasteiger charge is -2.33. The van der Waals surface area contributed by atoms with Gasteiger partial charge < -0.3 is 15.7 Å². The first kappa shape index (κ1) is 27.8. The molecule has 0 bridgehead atoms. The van der Waals surface area contributed by atoms with Gasteiger partial charge >= 0.3 is 0 Å². The van der Waals surface area contributed by atoms with Gasteiger partial charge in [0.25, 0.3) is 0 Å². The van der Waals surface area contributed by atoms with E-state index in [2.05, 4.69) is 15.6 Å². The molecule has 3 N–H and O–H groups in total. The van der Waals surface area contributed by atoms with Crippen LogP contribution in [0.2, 0.25) is 0 Å². The molecule has 0 spiro atoms. The van der Waals surface area contributed by atoms with Crippen LogP contribution in [0.4, 0.5) is 15.9 Å². The van der Waals surface area contributed by atoms with E-state index in [4.69, 9.17) is 0 Å². The molecule has 1 fully saturated rings. The van der Waals surface area contributed by atoms with Gasteiger partial charge in [-0.3, -0.25) is 19.3 Å². The Morgan fingerprint density at radius 1 is 0.949 bits per heavy atom. The Bertz CT molecular complexity index is 1260. The van der Waals surface area contributed by atoms with Crippen LogP contribution in [-0.4, -0.2) is 33.9 Å². The molecular formula is C30H33FN4O4. The van der Waals surface area contributed by atoms with E-state index in [1.165, 1.54) is 35.2 Å². The molecule has 39 heavy (non-hydrogen) atoms. The number of phenolic OH excluding ortho intramolecular Hbond substituents is 1. The minimum Gasteiger partial charge on any atom is -0.508 e. The molecule has 3 amide bonds. The van der Waals surface area contributed by atoms with E-state index in [1.54, 1.807) is 42.6 Å². The summed E-state index contributed by atoms with van der Waals surface area (Å²) in [5.74, 6) is -1.45. The normalized spacial score (nSPS) is 14.3. The van der Waals surface area contributed by atoms with Crippen LogP contribution < -0.4 is 15.5 Å². The Kier molecular flexibility index (Phi) is 9.61. The average Bonchev–Trinajstić information content (AvgIpc) is 2.94. The van der Waals surface area contributed by atoms with Crippen molar-refractivity contribution in [2.45, 2.75) is 63.5 Å². The Balaban J connectivity index is 1.58. The predicted octanol–water partition coefficient (Wildman–Crippen LogP) is 5.26. The van der Waals surface area contributed by atoms with E-state index in [0.717, 1.165) is 32.1 Å². The lowest BCUT2D eigenvalue weighted by molar-refractivity contribution is -0.127. The number of carbonyl (C=O) groups excluding carboxylic acids is 3. The predicted molar refractivity (Wildman–Crippen MR) is 146 cm³/mol. The monoisotopic (exact) mass is 532 g/mol. The number of halogens is 1. The highest BCUT2D eigenvalue weighted by Crippen LogP contribution is 2.32. The summed E-state index contributed by atoms with van der Waals surface area (Å²) in [6.45, 7) is 0. The van der Waals surface area contributed by atoms with Crippen molar-refractivity contribution in [1.29, 1.82) is 0 Å². The summed E-state index contributed by atoms with van der Waals surface area (Å²) in [4.78, 5) is 45.1. The van der Waals surface area contributed by atoms with Crippen LogP contribution >= 0.6 is 0 Å². The largest absolute Gasteiger partial charge is 0.508 e. The number of phenols is 1. The third kappa shape index (κ3) is 7.63. The van der Waals surface area contributed by atoms with Gasteiger partial charge in [-0.2, -0.15) is 0 Å². The number of aromatic hydroxyl groups is 1. The number of anilines is 2. The van der Waals surface area contributed by atoms with Gasteiger partial charge in [-0.1, -0.05) is 49.6 Å². The standard InChI is InChI=1S/C30H33FN4O4/c31-24-11-4-5-12-25(24)35(28(38)15-8-14-27(37)34-26-13-6-7-20-32-26)29(21-16-18-23(36)19-17-21)30(39)33-22-9-2-1-3-10-22/h4-7,11-13,16-20,22,29,36H,1-3,8-10,14-15H2,(H,33,39)(H,32,34,37)/t29-/m0/s1. The molecule has 204 valence electrons. The number of hydrogen-bond acceptors (Lipinski definition) is 5. The number of amides is 3. The van der Waals surface area contributed by atoms with E-state index in [0.29, 0.717) is 11.4 Å². The molecule has 1 aliphatic rings. The maximum absolute atomic E-state index is 15.1. The zero-order valence-corrected chi connectivity index (χ0v) is 21.7. The highest BCUT2D eigenvalue weighted by atomic mass is 19.1. The summed E-state index contributed by atoms with van der Waals surface area (Å²) in [7, 11) is 0. The molecule has 0 aliphatic heterocycles. The Morgan fingerprint density at radius 3 is 2.36 bits per heavy atom. The Labute approximate surface area is 227 Å². The summed E-state index contributed by atoms with van der Waals surface area (Å²) in [5.41, 5.74) is 0.405. The molecule has 1 saturated carbocycles. The number of benzene rings is 2. The number of hydrogen-bond donors (Lipinski definition) is 3. The zero-order chi connectivity index (χ0) is 27.6. The van der Waals surface area contributed by atoms with Gasteiger partial charge in [-0.15, -0.1) is 0 Å². The van der Waals surface area contributed by atoms with E-state index in [-0.39, 0.29) is 42.6 Å². The fourth-order valence-electron chi connectivity index (χ4n) is 4.83. The number of nitrogens with zero attached hydrogens (tertiary/aromatic N) is 2. The van der Waals surface area contributed by atoms with Crippen molar-refractivity contribution in [2.75, 3.05) is 10.2 Å². The van der Waals surface area contributed by atoms with Crippen molar-refractivity contribution < 1.29 is 23.9 Å². The van der Waals surface area contributed by atoms with Crippen molar-refractivity contribution in [3.63, 3.8) is 0 Å². The van der Waals surface area contributed by atoms with Gasteiger partial charge in [-0.25, -0.2) is 9.37 Å². The second-order valence-electron chi connectivity index (χ2n) is 9.67. The number of rotatable bonds is 10. The summed E-state index contributed by atoms with van der Waals surface area (Å²) in [6, 6.07) is 15.8. The van der Waals surface area contributed by atoms with Crippen LogP contribution in [-0.2, 0) is 14.4 Å². The van der Waals surface area contributed by atoms with Gasteiger partial charge in [0.15, 0.2) is 0 Å². The lowest BCUT2D eigenvalue weighted by atomic mass is 9.94. The topological polar surface area (TPSA) is 112 Å². The van der Waals surface area contributed by atoms with Gasteiger partial charge in [0.05, 0.1) is 5.69 Å². The molecule has 1 aliphatic carbocycles. The minimum absolute atomic E-state index is 0.00729. The SMILES string of the molecule is O=C(CCCC(=O)N(c1ccccc1F)[C@H](C(=O)NC1CCCCC1)c1ccc(O)cc1)Nc1ccccn1. The van der Waals surface area contributed by atoms with Crippen LogP contribution in [0.25, 0.3) is 0 Å². The number of nitrogens with one attached hydrogen (secondary N) is 2. The quantitative estimate of drug-likeness (QED) is 0.330. The summed E-state index contributed by atoms with van der Waals surface area (Å²) in [6.07, 6.45) is 6.52. The Hall–Kier alpha value is -4.27. The maximum Gasteiger partial charge on any atom is 0.248 e. The number of para-hydroxylation sites is 1. The number of pyridine rings is 1. The van der Waals surface area contributed by atoms with E-state index >= 15 is 4.39 Å². The molecule has 4 rings (SSSR count). The molecule has 0 unspecified atom stereocenters. The fraction of sp³-hybridized carbons (Fsp3) is 0.333. The molecule has 0 saturated heterocycles. The highest BCUT2D eigenvalue weighted by molar-refractivity contribution is 6.01. The van der Waals surface area contributed by atoms with Gasteiger partial charge in [0.2, 0.25) is 17.7 Å². The van der Waals surface area contributed by atoms with Crippen molar-refractivity contribution in [2.24, 2.45) is 0 Å². The van der Waals surface area contributed by atoms with Gasteiger partial charge in [0, 0.05) is 25.1 Å². The summed E-state index contributed by atoms with van der Waals surface area (Å²) >= 11 is 0. The molecule has 9 heteroatoms. The molecule has 3 aromatic rings. The van der Waals surface area contributed by atoms with Crippen LogP contribution in [0.3, 0.4) is 0 Å². The van der Waals surface area contributed by atoms with Crippen LogP contribution in [0.1, 0.15) is 63.0 Å². The Morgan fingerprint density at radius 2 is 1.67 bits per heavy atom. The first-order valence-corrected chi connectivity index (χ1v) is 13.3. The molecule has 0 radical (unpaired) electrons. The smallest absolute Gasteiger partial charge is 0.248 e. The molecule has 1 atom stereocenters. The van der Waals surface area contributed by atoms with Gasteiger partial charge in [-0.05, 0) is 61.2 Å². The van der Waals surface area contributed by atoms with Gasteiger partial charge in [0.1, 0.15) is 23.4 Å². The third-order valence-corrected chi connectivity index (χ3v) is 6.77. The first-order chi connectivity index (χ1) is 18.9. The van der Waals surface area contributed by atoms with Crippen LogP contribution in [0.15, 0.2) is 72.9 Å². The fourth-order valence-corrected chi connectivity index (χ4v) is 4.83. The van der Waals surface area contributed by atoms with E-state index in [1.807, 2.05) is 0 Å². The summed E-state index contributed by atoms with van der Waals surface area (Å²) in [5, 5.41) is 15.6. The van der Waals surface area contributed by atoms with Crippen molar-refractivity contribution in [1.82, 2.24) is 10.3 Å². The first-order valence-electron chi connectivity index (χ1n) is 13.3. The number of carbonyl (C=O) groups is 3. The second-order valence-corrected chi connectivity index (χ2v) is 9.67. The lowest BCUT2D eigenvalue weighted by Crippen LogP contribution is -2.47. The van der Waals surface area contributed by atoms with E-state index in [9.17, 15) is 19.5 Å². The molecule has 2 aromatic carbocycles. The zero-order valence-electron chi connectivity index (χ0n) is 21.7. The maximum atomic E-state index is 15.1. The van der Waals surface area contributed by atoms with Crippen LogP contribution in [0, 0.1) is 5.82 Å². The summed E-state index contributed by atoms with van der Waals surface area (Å²) < 4.78 is 15.1. The highest BCUT2D eigenvalue weighted by Gasteiger charge is 2.35. The third-order valence-electron chi connectivity index (χ3n) is 6.77. The van der Waals surface area contributed by atoms with E-state index < -0.39 is 23.7 Å². The number of aromatic nitrogens is 1. The van der Waals surface area contributed by atoms with Crippen molar-refractivity contribution in [3.8, 4) is 5.75 Å². The molecule has 1 heterocycles. The molecule has 1 aromatic heterocycles. The van der Waals surface area contributed by atoms with Crippen LogP contribution in [0.5, 0.6) is 5.75 Å². The minimum atomic E-state index is -1.17. The van der Waals surface area contributed by atoms with Crippen molar-refractivity contribution >= 4 is 29.2 Å². The molecule has 8 nitrogen and oxygen atoms in total. The van der Waals surface area contributed by atoms with Crippen molar-refractivity contribution in [3.05, 3.63) is 84.3 Å². The second kappa shape index (κ2) is 13.5. The molecular weight excluding hydrogens is 499 g/mol.